The lowest BCUT2D eigenvalue weighted by atomic mass is 9.88. The summed E-state index contributed by atoms with van der Waals surface area (Å²) in [6.07, 6.45) is 0. The van der Waals surface area contributed by atoms with Gasteiger partial charge in [-0.3, -0.25) is 0 Å². The topological polar surface area (TPSA) is 74.1 Å². The van der Waals surface area contributed by atoms with Crippen LogP contribution in [-0.4, -0.2) is 72.4 Å². The summed E-state index contributed by atoms with van der Waals surface area (Å²) in [6, 6.07) is 9.32. The van der Waals surface area contributed by atoms with Gasteiger partial charge < -0.3 is 22.8 Å². The quantitative estimate of drug-likeness (QED) is 0.586. The Morgan fingerprint density at radius 3 is 1.58 bits per heavy atom. The molecule has 2 heterocycles. The average Bonchev–Trinajstić information content (AvgIpc) is 3.45. The van der Waals surface area contributed by atoms with Gasteiger partial charge in [0.2, 0.25) is 0 Å². The minimum atomic E-state index is -2.88. The molecule has 2 aliphatic heterocycles. The number of ether oxygens (including phenoxy) is 2. The highest BCUT2D eigenvalue weighted by atomic mass is 28.4. The van der Waals surface area contributed by atoms with Gasteiger partial charge in [0.25, 0.3) is 12.0 Å². The number of benzene rings is 1. The molecule has 1 aromatic rings. The van der Waals surface area contributed by atoms with Crippen LogP contribution in [0.1, 0.15) is 47.1 Å². The summed E-state index contributed by atoms with van der Waals surface area (Å²) in [5.74, 6) is 0. The van der Waals surface area contributed by atoms with Crippen molar-refractivity contribution in [1.82, 2.24) is 4.90 Å². The molecular formula is C24H39N3O5Si. The van der Waals surface area contributed by atoms with E-state index in [1.165, 1.54) is 0 Å². The fourth-order valence-corrected chi connectivity index (χ4v) is 5.50. The molecule has 0 aliphatic carbocycles. The van der Waals surface area contributed by atoms with Gasteiger partial charge in [0.1, 0.15) is 13.2 Å². The van der Waals surface area contributed by atoms with Crippen LogP contribution < -0.4 is 5.19 Å². The molecule has 0 saturated carbocycles. The smallest absolute Gasteiger partial charge is 0.463 e. The largest absolute Gasteiger partial charge is 0.536 e. The number of hydrogen-bond donors (Lipinski definition) is 0. The fourth-order valence-electron chi connectivity index (χ4n) is 3.72. The van der Waals surface area contributed by atoms with E-state index in [2.05, 4.69) is 41.5 Å². The molecule has 8 nitrogen and oxygen atoms in total. The van der Waals surface area contributed by atoms with Crippen LogP contribution >= 0.6 is 0 Å². The molecule has 33 heavy (non-hydrogen) atoms. The van der Waals surface area contributed by atoms with Crippen LogP contribution in [0.3, 0.4) is 0 Å². The molecule has 0 N–H and O–H groups in total. The molecule has 9 heteroatoms. The number of amidine groups is 2. The van der Waals surface area contributed by atoms with Gasteiger partial charge in [0.05, 0.1) is 18.6 Å². The molecule has 0 aromatic heterocycles. The summed E-state index contributed by atoms with van der Waals surface area (Å²) in [5.41, 5.74) is 1.08. The summed E-state index contributed by atoms with van der Waals surface area (Å²) in [4.78, 5) is 11.7. The molecule has 1 aromatic carbocycles. The van der Waals surface area contributed by atoms with Gasteiger partial charge in [-0.05, 0) is 16.4 Å². The van der Waals surface area contributed by atoms with Gasteiger partial charge >= 0.3 is 8.80 Å². The van der Waals surface area contributed by atoms with Crippen LogP contribution in [0.4, 0.5) is 0 Å². The van der Waals surface area contributed by atoms with E-state index in [9.17, 15) is 0 Å². The van der Waals surface area contributed by atoms with E-state index in [1.54, 1.807) is 21.3 Å². The summed E-state index contributed by atoms with van der Waals surface area (Å²) in [6.45, 7) is 14.7. The van der Waals surface area contributed by atoms with Crippen molar-refractivity contribution in [2.75, 3.05) is 34.5 Å². The third-order valence-electron chi connectivity index (χ3n) is 6.19. The first-order chi connectivity index (χ1) is 15.4. The summed E-state index contributed by atoms with van der Waals surface area (Å²) >= 11 is 0. The zero-order valence-corrected chi connectivity index (χ0v) is 22.5. The third-order valence-corrected chi connectivity index (χ3v) is 8.84. The Morgan fingerprint density at radius 1 is 0.818 bits per heavy atom. The first kappa shape index (κ1) is 25.7. The van der Waals surface area contributed by atoms with E-state index in [4.69, 9.17) is 32.7 Å². The number of nitrogens with zero attached hydrogens (tertiary/aromatic N) is 3. The van der Waals surface area contributed by atoms with Crippen molar-refractivity contribution in [1.29, 1.82) is 0 Å². The Bertz CT molecular complexity index is 821. The van der Waals surface area contributed by atoms with E-state index in [1.807, 2.05) is 29.2 Å². The van der Waals surface area contributed by atoms with E-state index < -0.39 is 8.80 Å². The molecule has 0 unspecified atom stereocenters. The molecular weight excluding hydrogens is 438 g/mol. The van der Waals surface area contributed by atoms with Gasteiger partial charge in [-0.1, -0.05) is 65.8 Å². The Morgan fingerprint density at radius 2 is 1.24 bits per heavy atom. The Labute approximate surface area is 199 Å². The maximum absolute atomic E-state index is 6.05. The predicted octanol–water partition coefficient (Wildman–Crippen LogP) is 3.18. The van der Waals surface area contributed by atoms with Crippen molar-refractivity contribution < 1.29 is 22.8 Å². The molecule has 0 bridgehead atoms. The molecule has 0 fully saturated rings. The first-order valence-electron chi connectivity index (χ1n) is 11.4. The standard InChI is InChI=1S/C24H39N3O5Si/c1-23(2,3)19-15-31-21(25-19)27(22-26-20(16-32-22)24(4,5)6)14-17-10-12-18(13-11-17)33(28-7,29-8)30-9/h10-13,19-20H,14-16H2,1-9H3/t19-,20-/m1/s1. The maximum Gasteiger partial charge on any atom is 0.536 e. The van der Waals surface area contributed by atoms with Crippen molar-refractivity contribution in [3.8, 4) is 0 Å². The van der Waals surface area contributed by atoms with Crippen LogP contribution in [-0.2, 0) is 29.3 Å². The van der Waals surface area contributed by atoms with Gasteiger partial charge in [0, 0.05) is 26.5 Å². The van der Waals surface area contributed by atoms with Crippen LogP contribution in [0.5, 0.6) is 0 Å². The van der Waals surface area contributed by atoms with Crippen molar-refractivity contribution in [2.24, 2.45) is 20.8 Å². The number of hydrogen-bond acceptors (Lipinski definition) is 8. The molecule has 3 rings (SSSR count). The summed E-state index contributed by atoms with van der Waals surface area (Å²) < 4.78 is 28.9. The average molecular weight is 478 g/mol. The lowest BCUT2D eigenvalue weighted by Crippen LogP contribution is -2.54. The monoisotopic (exact) mass is 477 g/mol. The second kappa shape index (κ2) is 9.73. The van der Waals surface area contributed by atoms with Crippen LogP contribution in [0.2, 0.25) is 0 Å². The van der Waals surface area contributed by atoms with Crippen LogP contribution in [0.15, 0.2) is 34.3 Å². The minimum absolute atomic E-state index is 0.00969. The van der Waals surface area contributed by atoms with Gasteiger partial charge in [-0.2, -0.15) is 0 Å². The van der Waals surface area contributed by atoms with E-state index >= 15 is 0 Å². The zero-order chi connectivity index (χ0) is 24.4. The zero-order valence-electron chi connectivity index (χ0n) is 21.5. The number of rotatable bonds is 6. The highest BCUT2D eigenvalue weighted by molar-refractivity contribution is 6.75. The van der Waals surface area contributed by atoms with E-state index in [0.717, 1.165) is 10.8 Å². The molecule has 2 aliphatic rings. The second-order valence-corrected chi connectivity index (χ2v) is 13.6. The van der Waals surface area contributed by atoms with E-state index in [0.29, 0.717) is 31.8 Å². The Kier molecular flexibility index (Phi) is 7.57. The predicted molar refractivity (Wildman–Crippen MR) is 132 cm³/mol. The van der Waals surface area contributed by atoms with Crippen molar-refractivity contribution >= 4 is 26.0 Å². The van der Waals surface area contributed by atoms with Crippen molar-refractivity contribution in [2.45, 2.75) is 60.2 Å². The molecule has 2 atom stereocenters. The van der Waals surface area contributed by atoms with Gasteiger partial charge in [-0.25, -0.2) is 14.9 Å². The molecule has 0 amide bonds. The van der Waals surface area contributed by atoms with E-state index in [-0.39, 0.29) is 22.9 Å². The summed E-state index contributed by atoms with van der Waals surface area (Å²) in [5, 5.41) is 0.898. The normalized spacial score (nSPS) is 21.4. The maximum atomic E-state index is 6.05. The molecule has 184 valence electrons. The highest BCUT2D eigenvalue weighted by Crippen LogP contribution is 2.30. The Hall–Kier alpha value is -1.94. The van der Waals surface area contributed by atoms with Crippen LogP contribution in [0, 0.1) is 10.8 Å². The molecule has 0 spiro atoms. The summed E-state index contributed by atoms with van der Waals surface area (Å²) in [7, 11) is 1.95. The number of aliphatic imine (C=N–C) groups is 2. The second-order valence-electron chi connectivity index (χ2n) is 10.7. The van der Waals surface area contributed by atoms with Crippen LogP contribution in [0.25, 0.3) is 0 Å². The Balaban J connectivity index is 1.90. The molecule has 0 radical (unpaired) electrons. The molecule has 0 saturated heterocycles. The fraction of sp³-hybridized carbons (Fsp3) is 0.667. The van der Waals surface area contributed by atoms with Crippen molar-refractivity contribution in [3.63, 3.8) is 0 Å². The van der Waals surface area contributed by atoms with Gasteiger partial charge in [0.15, 0.2) is 0 Å². The van der Waals surface area contributed by atoms with Gasteiger partial charge in [-0.15, -0.1) is 0 Å². The highest BCUT2D eigenvalue weighted by Gasteiger charge is 2.41. The third kappa shape index (κ3) is 5.59. The lowest BCUT2D eigenvalue weighted by molar-refractivity contribution is 0.140. The van der Waals surface area contributed by atoms with Crippen molar-refractivity contribution in [3.05, 3.63) is 29.8 Å². The lowest BCUT2D eigenvalue weighted by Gasteiger charge is -2.25. The minimum Gasteiger partial charge on any atom is -0.463 e. The first-order valence-corrected chi connectivity index (χ1v) is 13.1. The SMILES string of the molecule is CO[Si](OC)(OC)c1ccc(CN(C2=N[C@@H](C(C)(C)C)CO2)C2=N[C@@H](C(C)(C)C)CO2)cc1.